The monoisotopic (exact) mass is 255 g/mol. The molecular weight excluding hydrogens is 238 g/mol. The van der Waals surface area contributed by atoms with E-state index in [1.54, 1.807) is 6.92 Å². The summed E-state index contributed by atoms with van der Waals surface area (Å²) >= 11 is 0. The highest BCUT2D eigenvalue weighted by molar-refractivity contribution is 5.82. The topological polar surface area (TPSA) is 73.7 Å². The molecule has 0 N–H and O–H groups in total. The maximum atomic E-state index is 12.0. The number of esters is 1. The Morgan fingerprint density at radius 1 is 1.44 bits per heavy atom. The molecule has 0 aliphatic rings. The Morgan fingerprint density at radius 3 is 2.78 bits per heavy atom. The van der Waals surface area contributed by atoms with Gasteiger partial charge in [-0.15, -0.1) is 0 Å². The lowest BCUT2D eigenvalue weighted by atomic mass is 10.5. The van der Waals surface area contributed by atoms with Crippen LogP contribution in [0.25, 0.3) is 0 Å². The number of methoxy groups -OCH3 is 1. The van der Waals surface area contributed by atoms with Crippen LogP contribution in [0, 0.1) is 0 Å². The van der Waals surface area contributed by atoms with Gasteiger partial charge in [0.1, 0.15) is 12.9 Å². The van der Waals surface area contributed by atoms with E-state index in [-0.39, 0.29) is 19.2 Å². The average Bonchev–Trinajstić information content (AvgIpc) is 2.87. The maximum Gasteiger partial charge on any atom is 0.330 e. The van der Waals surface area contributed by atoms with E-state index >= 15 is 0 Å². The van der Waals surface area contributed by atoms with Gasteiger partial charge in [0.25, 0.3) is 0 Å². The Hall–Kier alpha value is -1.89. The number of imidazole rings is 1. The molecule has 0 spiro atoms. The number of amides is 1. The van der Waals surface area contributed by atoms with Gasteiger partial charge in [-0.2, -0.15) is 0 Å². The first-order valence-electron chi connectivity index (χ1n) is 5.60. The number of carbonyl (C=O) groups is 2. The van der Waals surface area contributed by atoms with Crippen LogP contribution in [0.3, 0.4) is 0 Å². The van der Waals surface area contributed by atoms with E-state index in [0.29, 0.717) is 13.2 Å². The number of ether oxygens (including phenoxy) is 2. The molecule has 0 fully saturated rings. The summed E-state index contributed by atoms with van der Waals surface area (Å²) in [5, 5.41) is 0. The molecule has 0 atom stereocenters. The van der Waals surface area contributed by atoms with Crippen molar-refractivity contribution in [3.8, 4) is 0 Å². The first-order valence-corrected chi connectivity index (χ1v) is 5.60. The first-order chi connectivity index (χ1) is 8.69. The van der Waals surface area contributed by atoms with Crippen molar-refractivity contribution in [3.05, 3.63) is 18.7 Å². The van der Waals surface area contributed by atoms with Crippen LogP contribution >= 0.6 is 0 Å². The highest BCUT2D eigenvalue weighted by Gasteiger charge is 2.18. The summed E-state index contributed by atoms with van der Waals surface area (Å²) in [6, 6.07) is -0.336. The lowest BCUT2D eigenvalue weighted by Crippen LogP contribution is -2.40. The van der Waals surface area contributed by atoms with Crippen molar-refractivity contribution in [2.24, 2.45) is 0 Å². The quantitative estimate of drug-likeness (QED) is 0.686. The zero-order valence-corrected chi connectivity index (χ0v) is 10.5. The van der Waals surface area contributed by atoms with Gasteiger partial charge in [-0.05, 0) is 6.92 Å². The zero-order chi connectivity index (χ0) is 13.4. The van der Waals surface area contributed by atoms with Crippen molar-refractivity contribution in [2.45, 2.75) is 6.92 Å². The molecule has 0 aliphatic carbocycles. The lowest BCUT2D eigenvalue weighted by molar-refractivity contribution is -0.143. The molecule has 1 amide bonds. The van der Waals surface area contributed by atoms with Gasteiger partial charge in [0.2, 0.25) is 0 Å². The third-order valence-electron chi connectivity index (χ3n) is 2.19. The van der Waals surface area contributed by atoms with Crippen LogP contribution in [-0.4, -0.2) is 59.9 Å². The molecule has 0 bridgehead atoms. The second kappa shape index (κ2) is 7.44. The summed E-state index contributed by atoms with van der Waals surface area (Å²) in [5.41, 5.74) is 0. The smallest absolute Gasteiger partial charge is 0.330 e. The van der Waals surface area contributed by atoms with Crippen LogP contribution in [0.4, 0.5) is 4.79 Å². The molecule has 100 valence electrons. The van der Waals surface area contributed by atoms with Crippen LogP contribution in [0.5, 0.6) is 0 Å². The molecule has 0 unspecified atom stereocenters. The van der Waals surface area contributed by atoms with Crippen molar-refractivity contribution in [2.75, 3.05) is 33.4 Å². The predicted octanol–water partition coefficient (Wildman–Crippen LogP) is 0.363. The second-order valence-electron chi connectivity index (χ2n) is 3.47. The zero-order valence-electron chi connectivity index (χ0n) is 10.5. The van der Waals surface area contributed by atoms with E-state index in [0.717, 1.165) is 0 Å². The summed E-state index contributed by atoms with van der Waals surface area (Å²) in [6.07, 6.45) is 4.40. The summed E-state index contributed by atoms with van der Waals surface area (Å²) in [6.45, 7) is 2.56. The summed E-state index contributed by atoms with van der Waals surface area (Å²) in [5.74, 6) is -0.443. The van der Waals surface area contributed by atoms with E-state index in [9.17, 15) is 9.59 Å². The van der Waals surface area contributed by atoms with Gasteiger partial charge in [0.05, 0.1) is 13.2 Å². The molecule has 0 aromatic carbocycles. The number of carbonyl (C=O) groups excluding carboxylic acids is 2. The molecule has 1 heterocycles. The fraction of sp³-hybridized carbons (Fsp3) is 0.545. The Bertz CT molecular complexity index is 378. The molecule has 0 aliphatic heterocycles. The van der Waals surface area contributed by atoms with Crippen LogP contribution in [-0.2, 0) is 14.3 Å². The normalized spacial score (nSPS) is 10.1. The van der Waals surface area contributed by atoms with Gasteiger partial charge in [0, 0.05) is 26.0 Å². The number of rotatable bonds is 6. The summed E-state index contributed by atoms with van der Waals surface area (Å²) < 4.78 is 11.0. The molecule has 1 aromatic heterocycles. The van der Waals surface area contributed by atoms with Gasteiger partial charge in [-0.25, -0.2) is 9.78 Å². The third kappa shape index (κ3) is 4.17. The van der Waals surface area contributed by atoms with Crippen molar-refractivity contribution in [3.63, 3.8) is 0 Å². The predicted molar refractivity (Wildman–Crippen MR) is 63.1 cm³/mol. The van der Waals surface area contributed by atoms with Gasteiger partial charge in [-0.1, -0.05) is 0 Å². The van der Waals surface area contributed by atoms with Crippen molar-refractivity contribution < 1.29 is 19.1 Å². The number of hydrogen-bond donors (Lipinski definition) is 0. The first kappa shape index (κ1) is 14.2. The highest BCUT2D eigenvalue weighted by Crippen LogP contribution is 1.98. The van der Waals surface area contributed by atoms with E-state index in [1.807, 2.05) is 0 Å². The molecule has 0 radical (unpaired) electrons. The fourth-order valence-electron chi connectivity index (χ4n) is 1.34. The fourth-order valence-corrected chi connectivity index (χ4v) is 1.34. The molecule has 0 saturated heterocycles. The minimum atomic E-state index is -0.443. The minimum absolute atomic E-state index is 0.103. The Balaban J connectivity index is 2.65. The summed E-state index contributed by atoms with van der Waals surface area (Å²) in [4.78, 5) is 28.6. The van der Waals surface area contributed by atoms with E-state index in [4.69, 9.17) is 9.47 Å². The van der Waals surface area contributed by atoms with Gasteiger partial charge >= 0.3 is 12.0 Å². The molecule has 1 rings (SSSR count). The Morgan fingerprint density at radius 2 is 2.22 bits per heavy atom. The molecule has 0 saturated carbocycles. The number of aromatic nitrogens is 2. The molecule has 1 aromatic rings. The van der Waals surface area contributed by atoms with Crippen LogP contribution in [0.15, 0.2) is 18.7 Å². The largest absolute Gasteiger partial charge is 0.465 e. The second-order valence-corrected chi connectivity index (χ2v) is 3.47. The molecule has 18 heavy (non-hydrogen) atoms. The highest BCUT2D eigenvalue weighted by atomic mass is 16.5. The number of hydrogen-bond acceptors (Lipinski definition) is 5. The van der Waals surface area contributed by atoms with Crippen LogP contribution < -0.4 is 0 Å². The van der Waals surface area contributed by atoms with Crippen LogP contribution in [0.2, 0.25) is 0 Å². The summed E-state index contributed by atoms with van der Waals surface area (Å²) in [7, 11) is 1.53. The van der Waals surface area contributed by atoms with Gasteiger partial charge in [0.15, 0.2) is 0 Å². The maximum absolute atomic E-state index is 12.0. The SMILES string of the molecule is CCOC(=O)CN(CCOC)C(=O)n1ccnc1. The van der Waals surface area contributed by atoms with Crippen molar-refractivity contribution >= 4 is 12.0 Å². The molecule has 7 nitrogen and oxygen atoms in total. The Kier molecular flexibility index (Phi) is 5.86. The standard InChI is InChI=1S/C11H17N3O4/c1-3-18-10(15)8-13(6-7-17-2)11(16)14-5-4-12-9-14/h4-5,9H,3,6-8H2,1-2H3. The van der Waals surface area contributed by atoms with E-state index in [1.165, 1.54) is 35.3 Å². The van der Waals surface area contributed by atoms with Crippen molar-refractivity contribution in [1.29, 1.82) is 0 Å². The van der Waals surface area contributed by atoms with E-state index in [2.05, 4.69) is 4.98 Å². The van der Waals surface area contributed by atoms with E-state index < -0.39 is 5.97 Å². The minimum Gasteiger partial charge on any atom is -0.465 e. The lowest BCUT2D eigenvalue weighted by Gasteiger charge is -2.21. The van der Waals surface area contributed by atoms with Crippen molar-refractivity contribution in [1.82, 2.24) is 14.5 Å². The molecule has 7 heteroatoms. The number of nitrogens with zero attached hydrogens (tertiary/aromatic N) is 3. The molecular formula is C11H17N3O4. The Labute approximate surface area is 105 Å². The average molecular weight is 255 g/mol. The van der Waals surface area contributed by atoms with Gasteiger partial charge in [-0.3, -0.25) is 9.36 Å². The van der Waals surface area contributed by atoms with Crippen LogP contribution in [0.1, 0.15) is 6.92 Å². The van der Waals surface area contributed by atoms with Gasteiger partial charge < -0.3 is 14.4 Å². The third-order valence-corrected chi connectivity index (χ3v) is 2.19.